The van der Waals surface area contributed by atoms with E-state index in [4.69, 9.17) is 10.8 Å². The number of aryl methyl sites for hydroxylation is 2. The summed E-state index contributed by atoms with van der Waals surface area (Å²) in [7, 11) is 0. The van der Waals surface area contributed by atoms with Crippen molar-refractivity contribution in [1.82, 2.24) is 15.1 Å². The molecule has 0 fully saturated rings. The van der Waals surface area contributed by atoms with Crippen LogP contribution in [-0.4, -0.2) is 33.4 Å². The summed E-state index contributed by atoms with van der Waals surface area (Å²) in [5, 5.41) is 16.2. The first-order chi connectivity index (χ1) is 8.92. The van der Waals surface area contributed by atoms with Gasteiger partial charge in [0.1, 0.15) is 5.69 Å². The van der Waals surface area contributed by atoms with Gasteiger partial charge < -0.3 is 16.2 Å². The lowest BCUT2D eigenvalue weighted by atomic mass is 10.0. The van der Waals surface area contributed by atoms with Crippen molar-refractivity contribution in [3.05, 3.63) is 11.4 Å². The lowest BCUT2D eigenvalue weighted by Crippen LogP contribution is -2.40. The average Bonchev–Trinajstić information content (AvgIpc) is 2.64. The van der Waals surface area contributed by atoms with Gasteiger partial charge in [0, 0.05) is 19.2 Å². The third kappa shape index (κ3) is 3.47. The summed E-state index contributed by atoms with van der Waals surface area (Å²) in [6.07, 6.45) is 0.530. The number of nitrogens with one attached hydrogen (secondary N) is 1. The molecule has 1 amide bonds. The number of hydrogen-bond donors (Lipinski definition) is 3. The van der Waals surface area contributed by atoms with Crippen molar-refractivity contribution in [3.8, 4) is 0 Å². The molecule has 0 aliphatic carbocycles. The van der Waals surface area contributed by atoms with E-state index >= 15 is 0 Å². The molecule has 0 aliphatic heterocycles. The van der Waals surface area contributed by atoms with Crippen molar-refractivity contribution >= 4 is 11.6 Å². The predicted molar refractivity (Wildman–Crippen MR) is 74.8 cm³/mol. The maximum absolute atomic E-state index is 12.3. The van der Waals surface area contributed by atoms with Crippen molar-refractivity contribution in [2.75, 3.05) is 12.3 Å². The topological polar surface area (TPSA) is 93.2 Å². The zero-order valence-corrected chi connectivity index (χ0v) is 12.1. The van der Waals surface area contributed by atoms with Crippen molar-refractivity contribution < 1.29 is 9.90 Å². The number of anilines is 1. The van der Waals surface area contributed by atoms with Gasteiger partial charge in [-0.25, -0.2) is 0 Å². The minimum absolute atomic E-state index is 0.0463. The summed E-state index contributed by atoms with van der Waals surface area (Å²) in [4.78, 5) is 12.3. The fourth-order valence-corrected chi connectivity index (χ4v) is 2.01. The summed E-state index contributed by atoms with van der Waals surface area (Å²) >= 11 is 0. The molecule has 0 saturated carbocycles. The van der Waals surface area contributed by atoms with Gasteiger partial charge in [0.15, 0.2) is 0 Å². The van der Waals surface area contributed by atoms with Crippen LogP contribution < -0.4 is 11.1 Å². The highest BCUT2D eigenvalue weighted by Crippen LogP contribution is 2.17. The van der Waals surface area contributed by atoms with E-state index in [1.165, 1.54) is 0 Å². The average molecular weight is 268 g/mol. The Morgan fingerprint density at radius 2 is 2.16 bits per heavy atom. The zero-order valence-electron chi connectivity index (χ0n) is 12.1. The van der Waals surface area contributed by atoms with Crippen LogP contribution in [0.25, 0.3) is 0 Å². The Morgan fingerprint density at radius 1 is 1.53 bits per heavy atom. The molecule has 1 aromatic rings. The van der Waals surface area contributed by atoms with Gasteiger partial charge in [0.25, 0.3) is 5.91 Å². The van der Waals surface area contributed by atoms with E-state index in [1.54, 1.807) is 11.6 Å². The van der Waals surface area contributed by atoms with Crippen LogP contribution in [0.1, 0.15) is 43.4 Å². The highest BCUT2D eigenvalue weighted by molar-refractivity contribution is 5.98. The third-order valence-electron chi connectivity index (χ3n) is 3.25. The predicted octanol–water partition coefficient (Wildman–Crippen LogP) is 0.930. The standard InChI is InChI=1S/C13H24N4O2/c1-5-17-12(11(14)9(4)16-17)13(19)15-10(6-7-18)8(2)3/h8,10,18H,5-7,14H2,1-4H3,(H,15,19). The van der Waals surface area contributed by atoms with Crippen molar-refractivity contribution in [2.45, 2.75) is 46.7 Å². The van der Waals surface area contributed by atoms with E-state index in [0.29, 0.717) is 30.0 Å². The van der Waals surface area contributed by atoms with E-state index in [-0.39, 0.29) is 24.5 Å². The van der Waals surface area contributed by atoms with E-state index in [0.717, 1.165) is 0 Å². The van der Waals surface area contributed by atoms with E-state index in [9.17, 15) is 4.79 Å². The van der Waals surface area contributed by atoms with Crippen LogP contribution in [0.3, 0.4) is 0 Å². The van der Waals surface area contributed by atoms with Crippen LogP contribution in [0, 0.1) is 12.8 Å². The van der Waals surface area contributed by atoms with Crippen molar-refractivity contribution in [1.29, 1.82) is 0 Å². The van der Waals surface area contributed by atoms with Gasteiger partial charge in [-0.1, -0.05) is 13.8 Å². The second kappa shape index (κ2) is 6.56. The lowest BCUT2D eigenvalue weighted by molar-refractivity contribution is 0.0906. The van der Waals surface area contributed by atoms with Gasteiger partial charge in [-0.15, -0.1) is 0 Å². The molecule has 108 valence electrons. The van der Waals surface area contributed by atoms with Crippen LogP contribution in [0.4, 0.5) is 5.69 Å². The fourth-order valence-electron chi connectivity index (χ4n) is 2.01. The molecular formula is C13H24N4O2. The third-order valence-corrected chi connectivity index (χ3v) is 3.25. The number of rotatable bonds is 6. The second-order valence-corrected chi connectivity index (χ2v) is 5.00. The van der Waals surface area contributed by atoms with Crippen molar-refractivity contribution in [3.63, 3.8) is 0 Å². The van der Waals surface area contributed by atoms with Crippen LogP contribution in [0.15, 0.2) is 0 Å². The minimum Gasteiger partial charge on any atom is -0.396 e. The summed E-state index contributed by atoms with van der Waals surface area (Å²) in [6.45, 7) is 8.35. The molecule has 1 atom stereocenters. The van der Waals surface area contributed by atoms with Gasteiger partial charge in [0.2, 0.25) is 0 Å². The van der Waals surface area contributed by atoms with E-state index < -0.39 is 0 Å². The number of hydrogen-bond acceptors (Lipinski definition) is 4. The zero-order chi connectivity index (χ0) is 14.6. The number of nitrogens with two attached hydrogens (primary N) is 1. The highest BCUT2D eigenvalue weighted by Gasteiger charge is 2.22. The van der Waals surface area contributed by atoms with E-state index in [1.807, 2.05) is 20.8 Å². The van der Waals surface area contributed by atoms with Gasteiger partial charge in [-0.3, -0.25) is 9.48 Å². The summed E-state index contributed by atoms with van der Waals surface area (Å²) < 4.78 is 1.61. The number of nitrogen functional groups attached to an aromatic ring is 1. The van der Waals surface area contributed by atoms with Gasteiger partial charge >= 0.3 is 0 Å². The lowest BCUT2D eigenvalue weighted by Gasteiger charge is -2.21. The van der Waals surface area contributed by atoms with Gasteiger partial charge in [-0.2, -0.15) is 5.10 Å². The summed E-state index contributed by atoms with van der Waals surface area (Å²) in [5.41, 5.74) is 7.40. The molecular weight excluding hydrogens is 244 g/mol. The number of aliphatic hydroxyl groups excluding tert-OH is 1. The molecule has 4 N–H and O–H groups in total. The summed E-state index contributed by atoms with van der Waals surface area (Å²) in [5.74, 6) is 0.0171. The molecule has 6 heteroatoms. The molecule has 19 heavy (non-hydrogen) atoms. The fraction of sp³-hybridized carbons (Fsp3) is 0.692. The molecule has 1 heterocycles. The Hall–Kier alpha value is -1.56. The van der Waals surface area contributed by atoms with Crippen LogP contribution in [0.2, 0.25) is 0 Å². The molecule has 0 aliphatic rings. The molecule has 6 nitrogen and oxygen atoms in total. The SMILES string of the molecule is CCn1nc(C)c(N)c1C(=O)NC(CCO)C(C)C. The Kier molecular flexibility index (Phi) is 5.35. The van der Waals surface area contributed by atoms with Crippen LogP contribution in [-0.2, 0) is 6.54 Å². The first-order valence-corrected chi connectivity index (χ1v) is 6.66. The Bertz CT molecular complexity index is 440. The monoisotopic (exact) mass is 268 g/mol. The molecule has 0 aromatic carbocycles. The van der Waals surface area contributed by atoms with Gasteiger partial charge in [-0.05, 0) is 26.2 Å². The maximum atomic E-state index is 12.3. The number of aliphatic hydroxyl groups is 1. The Morgan fingerprint density at radius 3 is 2.63 bits per heavy atom. The number of carbonyl (C=O) groups excluding carboxylic acids is 1. The number of aromatic nitrogens is 2. The normalized spacial score (nSPS) is 12.7. The molecule has 1 rings (SSSR count). The molecule has 1 aromatic heterocycles. The Labute approximate surface area is 114 Å². The second-order valence-electron chi connectivity index (χ2n) is 5.00. The quantitative estimate of drug-likeness (QED) is 0.715. The van der Waals surface area contributed by atoms with Crippen LogP contribution >= 0.6 is 0 Å². The molecule has 0 saturated heterocycles. The number of nitrogens with zero attached hydrogens (tertiary/aromatic N) is 2. The van der Waals surface area contributed by atoms with Crippen LogP contribution in [0.5, 0.6) is 0 Å². The van der Waals surface area contributed by atoms with E-state index in [2.05, 4.69) is 10.4 Å². The minimum atomic E-state index is -0.230. The number of carbonyl (C=O) groups is 1. The highest BCUT2D eigenvalue weighted by atomic mass is 16.3. The Balaban J connectivity index is 2.94. The van der Waals surface area contributed by atoms with Gasteiger partial charge in [0.05, 0.1) is 11.4 Å². The molecule has 0 bridgehead atoms. The summed E-state index contributed by atoms with van der Waals surface area (Å²) in [6, 6.07) is -0.0718. The number of amides is 1. The molecule has 1 unspecified atom stereocenters. The smallest absolute Gasteiger partial charge is 0.271 e. The molecule has 0 spiro atoms. The largest absolute Gasteiger partial charge is 0.396 e. The maximum Gasteiger partial charge on any atom is 0.271 e. The molecule has 0 radical (unpaired) electrons. The first-order valence-electron chi connectivity index (χ1n) is 6.66. The first kappa shape index (κ1) is 15.5. The van der Waals surface area contributed by atoms with Crippen molar-refractivity contribution in [2.24, 2.45) is 5.92 Å².